The number of amides is 1. The zero-order valence-electron chi connectivity index (χ0n) is 11.5. The van der Waals surface area contributed by atoms with E-state index in [1.54, 1.807) is 11.8 Å². The molecule has 1 amide bonds. The summed E-state index contributed by atoms with van der Waals surface area (Å²) in [7, 11) is 0. The van der Waals surface area contributed by atoms with Crippen LogP contribution in [0, 0.1) is 5.92 Å². The SMILES string of the molecule is CC.CCOC(=O)C(=O)N1CCCC(CC)C1. The first kappa shape index (κ1) is 15.9. The Balaban J connectivity index is 0.00000121. The van der Waals surface area contributed by atoms with Gasteiger partial charge in [-0.1, -0.05) is 27.2 Å². The van der Waals surface area contributed by atoms with E-state index in [2.05, 4.69) is 6.92 Å². The smallest absolute Gasteiger partial charge is 0.397 e. The lowest BCUT2D eigenvalue weighted by molar-refractivity contribution is -0.160. The van der Waals surface area contributed by atoms with Crippen molar-refractivity contribution in [3.8, 4) is 0 Å². The van der Waals surface area contributed by atoms with Crippen LogP contribution in [0.2, 0.25) is 0 Å². The van der Waals surface area contributed by atoms with Gasteiger partial charge in [0.15, 0.2) is 0 Å². The third-order valence-electron chi connectivity index (χ3n) is 2.83. The van der Waals surface area contributed by atoms with Crippen molar-refractivity contribution in [2.24, 2.45) is 5.92 Å². The number of nitrogens with zero attached hydrogens (tertiary/aromatic N) is 1. The van der Waals surface area contributed by atoms with Crippen LogP contribution in [0.5, 0.6) is 0 Å². The Kier molecular flexibility index (Phi) is 8.46. The highest BCUT2D eigenvalue weighted by Crippen LogP contribution is 2.19. The predicted molar refractivity (Wildman–Crippen MR) is 67.6 cm³/mol. The summed E-state index contributed by atoms with van der Waals surface area (Å²) in [4.78, 5) is 24.4. The first-order valence-electron chi connectivity index (χ1n) is 6.65. The number of esters is 1. The summed E-state index contributed by atoms with van der Waals surface area (Å²) in [6.07, 6.45) is 3.21. The maximum Gasteiger partial charge on any atom is 0.397 e. The molecule has 1 atom stereocenters. The van der Waals surface area contributed by atoms with Crippen LogP contribution in [0.3, 0.4) is 0 Å². The number of hydrogen-bond donors (Lipinski definition) is 0. The molecule has 100 valence electrons. The van der Waals surface area contributed by atoms with Crippen molar-refractivity contribution in [1.82, 2.24) is 4.90 Å². The average Bonchev–Trinajstić information content (AvgIpc) is 2.40. The van der Waals surface area contributed by atoms with Crippen LogP contribution in [0.15, 0.2) is 0 Å². The third kappa shape index (κ3) is 5.20. The monoisotopic (exact) mass is 243 g/mol. The summed E-state index contributed by atoms with van der Waals surface area (Å²) < 4.78 is 4.70. The fraction of sp³-hybridized carbons (Fsp3) is 0.846. The molecule has 0 radical (unpaired) electrons. The van der Waals surface area contributed by atoms with Gasteiger partial charge in [-0.05, 0) is 25.7 Å². The van der Waals surface area contributed by atoms with Gasteiger partial charge < -0.3 is 9.64 Å². The topological polar surface area (TPSA) is 46.6 Å². The average molecular weight is 243 g/mol. The van der Waals surface area contributed by atoms with Gasteiger partial charge in [-0.3, -0.25) is 4.79 Å². The lowest BCUT2D eigenvalue weighted by Gasteiger charge is -2.31. The van der Waals surface area contributed by atoms with E-state index in [-0.39, 0.29) is 6.61 Å². The van der Waals surface area contributed by atoms with Crippen molar-refractivity contribution < 1.29 is 14.3 Å². The number of likely N-dealkylation sites (tertiary alicyclic amines) is 1. The number of hydrogen-bond acceptors (Lipinski definition) is 3. The van der Waals surface area contributed by atoms with Crippen LogP contribution < -0.4 is 0 Å². The van der Waals surface area contributed by atoms with Crippen LogP contribution in [0.1, 0.15) is 47.0 Å². The van der Waals surface area contributed by atoms with Gasteiger partial charge in [0, 0.05) is 13.1 Å². The Labute approximate surface area is 104 Å². The molecule has 4 nitrogen and oxygen atoms in total. The van der Waals surface area contributed by atoms with Gasteiger partial charge in [0.25, 0.3) is 0 Å². The maximum atomic E-state index is 11.6. The Morgan fingerprint density at radius 1 is 1.29 bits per heavy atom. The summed E-state index contributed by atoms with van der Waals surface area (Å²) in [6.45, 7) is 9.47. The highest BCUT2D eigenvalue weighted by molar-refractivity contribution is 6.32. The molecule has 1 saturated heterocycles. The second kappa shape index (κ2) is 9.02. The van der Waals surface area contributed by atoms with E-state index in [9.17, 15) is 9.59 Å². The zero-order valence-corrected chi connectivity index (χ0v) is 11.5. The van der Waals surface area contributed by atoms with E-state index in [1.165, 1.54) is 0 Å². The van der Waals surface area contributed by atoms with E-state index in [4.69, 9.17) is 4.74 Å². The Morgan fingerprint density at radius 3 is 2.47 bits per heavy atom. The van der Waals surface area contributed by atoms with E-state index >= 15 is 0 Å². The molecule has 0 aromatic rings. The number of rotatable bonds is 2. The second-order valence-corrected chi connectivity index (χ2v) is 3.89. The lowest BCUT2D eigenvalue weighted by atomic mass is 9.96. The Hall–Kier alpha value is -1.06. The molecule has 1 fully saturated rings. The van der Waals surface area contributed by atoms with E-state index < -0.39 is 11.9 Å². The van der Waals surface area contributed by atoms with Gasteiger partial charge in [0.2, 0.25) is 0 Å². The number of piperidine rings is 1. The maximum absolute atomic E-state index is 11.6. The highest BCUT2D eigenvalue weighted by atomic mass is 16.5. The zero-order chi connectivity index (χ0) is 13.3. The van der Waals surface area contributed by atoms with Crippen molar-refractivity contribution in [3.05, 3.63) is 0 Å². The summed E-state index contributed by atoms with van der Waals surface area (Å²) in [5.41, 5.74) is 0. The predicted octanol–water partition coefficient (Wildman–Crippen LogP) is 2.22. The molecule has 1 aliphatic heterocycles. The van der Waals surface area contributed by atoms with Crippen LogP contribution in [0.25, 0.3) is 0 Å². The first-order chi connectivity index (χ1) is 8.19. The summed E-state index contributed by atoms with van der Waals surface area (Å²) in [5, 5.41) is 0. The van der Waals surface area contributed by atoms with E-state index in [1.807, 2.05) is 13.8 Å². The van der Waals surface area contributed by atoms with Crippen LogP contribution in [-0.2, 0) is 14.3 Å². The molecule has 0 aromatic carbocycles. The summed E-state index contributed by atoms with van der Waals surface area (Å²) >= 11 is 0. The fourth-order valence-electron chi connectivity index (χ4n) is 1.90. The second-order valence-electron chi connectivity index (χ2n) is 3.89. The van der Waals surface area contributed by atoms with Gasteiger partial charge in [-0.2, -0.15) is 0 Å². The van der Waals surface area contributed by atoms with Gasteiger partial charge in [-0.15, -0.1) is 0 Å². The summed E-state index contributed by atoms with van der Waals surface area (Å²) in [5.74, 6) is -0.652. The van der Waals surface area contributed by atoms with Crippen LogP contribution >= 0.6 is 0 Å². The minimum absolute atomic E-state index is 0.260. The molecule has 0 aliphatic carbocycles. The number of ether oxygens (including phenoxy) is 1. The van der Waals surface area contributed by atoms with Crippen molar-refractivity contribution in [2.75, 3.05) is 19.7 Å². The molecule has 0 bridgehead atoms. The molecule has 1 rings (SSSR count). The normalized spacial score (nSPS) is 19.1. The Morgan fingerprint density at radius 2 is 1.94 bits per heavy atom. The minimum atomic E-state index is -0.714. The van der Waals surface area contributed by atoms with Gasteiger partial charge in [-0.25, -0.2) is 4.79 Å². The molecule has 0 saturated carbocycles. The largest absolute Gasteiger partial charge is 0.459 e. The molecular formula is C13H25NO3. The van der Waals surface area contributed by atoms with Crippen molar-refractivity contribution >= 4 is 11.9 Å². The van der Waals surface area contributed by atoms with E-state index in [0.717, 1.165) is 19.3 Å². The van der Waals surface area contributed by atoms with Gasteiger partial charge >= 0.3 is 11.9 Å². The molecule has 1 heterocycles. The quantitative estimate of drug-likeness (QED) is 0.552. The molecule has 1 unspecified atom stereocenters. The molecule has 0 aromatic heterocycles. The van der Waals surface area contributed by atoms with E-state index in [0.29, 0.717) is 19.0 Å². The molecular weight excluding hydrogens is 218 g/mol. The highest BCUT2D eigenvalue weighted by Gasteiger charge is 2.27. The molecule has 0 spiro atoms. The van der Waals surface area contributed by atoms with Gasteiger partial charge in [0.05, 0.1) is 6.61 Å². The van der Waals surface area contributed by atoms with Crippen LogP contribution in [0.4, 0.5) is 0 Å². The molecule has 4 heteroatoms. The van der Waals surface area contributed by atoms with Crippen LogP contribution in [-0.4, -0.2) is 36.5 Å². The number of carbonyl (C=O) groups excluding carboxylic acids is 2. The molecule has 0 N–H and O–H groups in total. The lowest BCUT2D eigenvalue weighted by Crippen LogP contribution is -2.43. The minimum Gasteiger partial charge on any atom is -0.459 e. The summed E-state index contributed by atoms with van der Waals surface area (Å²) in [6, 6.07) is 0. The van der Waals surface area contributed by atoms with Gasteiger partial charge in [0.1, 0.15) is 0 Å². The standard InChI is InChI=1S/C11H19NO3.C2H6/c1-3-9-6-5-7-12(8-9)10(13)11(14)15-4-2;1-2/h9H,3-8H2,1-2H3;1-2H3. The number of carbonyl (C=O) groups is 2. The molecule has 1 aliphatic rings. The van der Waals surface area contributed by atoms with Crippen molar-refractivity contribution in [1.29, 1.82) is 0 Å². The molecule has 17 heavy (non-hydrogen) atoms. The first-order valence-corrected chi connectivity index (χ1v) is 6.65. The van der Waals surface area contributed by atoms with Crippen molar-refractivity contribution in [2.45, 2.75) is 47.0 Å². The third-order valence-corrected chi connectivity index (χ3v) is 2.83. The van der Waals surface area contributed by atoms with Crippen molar-refractivity contribution in [3.63, 3.8) is 0 Å². The fourth-order valence-corrected chi connectivity index (χ4v) is 1.90. The Bertz CT molecular complexity index is 241.